The first-order chi connectivity index (χ1) is 6.13. The molecule has 0 spiro atoms. The van der Waals surface area contributed by atoms with Gasteiger partial charge in [-0.05, 0) is 28.7 Å². The number of rotatable bonds is 2. The average Bonchev–Trinajstić information content (AvgIpc) is 2.09. The molecule has 0 aliphatic heterocycles. The zero-order valence-corrected chi connectivity index (χ0v) is 9.11. The van der Waals surface area contributed by atoms with E-state index in [1.165, 1.54) is 7.11 Å². The molecule has 0 bridgehead atoms. The lowest BCUT2D eigenvalue weighted by Crippen LogP contribution is -2.06. The summed E-state index contributed by atoms with van der Waals surface area (Å²) in [6.45, 7) is 0. The quantitative estimate of drug-likeness (QED) is 0.655. The van der Waals surface area contributed by atoms with Gasteiger partial charge in [-0.2, -0.15) is 0 Å². The van der Waals surface area contributed by atoms with Crippen molar-refractivity contribution in [3.63, 3.8) is 0 Å². The van der Waals surface area contributed by atoms with Gasteiger partial charge in [-0.1, -0.05) is 0 Å². The van der Waals surface area contributed by atoms with Gasteiger partial charge in [0.15, 0.2) is 0 Å². The predicted molar refractivity (Wildman–Crippen MR) is 54.3 cm³/mol. The van der Waals surface area contributed by atoms with Gasteiger partial charge in [-0.3, -0.25) is 9.78 Å². The highest BCUT2D eigenvalue weighted by molar-refractivity contribution is 14.1. The van der Waals surface area contributed by atoms with Crippen molar-refractivity contribution >= 4 is 28.6 Å². The van der Waals surface area contributed by atoms with Crippen molar-refractivity contribution in [1.82, 2.24) is 4.98 Å². The van der Waals surface area contributed by atoms with Gasteiger partial charge in [0.05, 0.1) is 19.2 Å². The Morgan fingerprint density at radius 3 is 3.00 bits per heavy atom. The van der Waals surface area contributed by atoms with Crippen molar-refractivity contribution in [2.45, 2.75) is 6.42 Å². The number of carbonyl (C=O) groups excluding carboxylic acids is 1. The zero-order chi connectivity index (χ0) is 9.84. The number of halogens is 1. The molecule has 0 unspecified atom stereocenters. The smallest absolute Gasteiger partial charge is 0.311 e. The Kier molecular flexibility index (Phi) is 3.47. The summed E-state index contributed by atoms with van der Waals surface area (Å²) in [5.41, 5.74) is 0.340. The van der Waals surface area contributed by atoms with Gasteiger partial charge < -0.3 is 9.84 Å². The molecule has 0 atom stereocenters. The second-order valence-electron chi connectivity index (χ2n) is 2.37. The van der Waals surface area contributed by atoms with E-state index < -0.39 is 5.97 Å². The fraction of sp³-hybridized carbons (Fsp3) is 0.250. The van der Waals surface area contributed by atoms with Crippen molar-refractivity contribution in [2.75, 3.05) is 7.11 Å². The molecule has 0 saturated carbocycles. The van der Waals surface area contributed by atoms with Gasteiger partial charge in [-0.15, -0.1) is 0 Å². The zero-order valence-electron chi connectivity index (χ0n) is 6.95. The van der Waals surface area contributed by atoms with Crippen molar-refractivity contribution < 1.29 is 14.6 Å². The Balaban J connectivity index is 2.83. The molecule has 0 aliphatic carbocycles. The fourth-order valence-electron chi connectivity index (χ4n) is 0.802. The molecule has 0 saturated heterocycles. The highest BCUT2D eigenvalue weighted by Crippen LogP contribution is 2.17. The van der Waals surface area contributed by atoms with Crippen molar-refractivity contribution in [2.24, 2.45) is 0 Å². The second-order valence-corrected chi connectivity index (χ2v) is 3.62. The monoisotopic (exact) mass is 293 g/mol. The Morgan fingerprint density at radius 1 is 1.77 bits per heavy atom. The van der Waals surface area contributed by atoms with E-state index in [1.807, 2.05) is 22.6 Å². The summed E-state index contributed by atoms with van der Waals surface area (Å²) >= 11 is 2.03. The third-order valence-electron chi connectivity index (χ3n) is 1.45. The lowest BCUT2D eigenvalue weighted by atomic mass is 10.2. The molecule has 1 aromatic heterocycles. The topological polar surface area (TPSA) is 59.4 Å². The normalized spacial score (nSPS) is 9.69. The maximum absolute atomic E-state index is 10.8. The molecule has 0 radical (unpaired) electrons. The van der Waals surface area contributed by atoms with Crippen LogP contribution in [0, 0.1) is 3.57 Å². The van der Waals surface area contributed by atoms with Gasteiger partial charge >= 0.3 is 5.97 Å². The number of aromatic hydroxyl groups is 1. The standard InChI is InChI=1S/C8H8INO3/c1-13-8(12)3-6-7(11)2-5(9)4-10-6/h2,4,11H,3H2,1H3. The summed E-state index contributed by atoms with van der Waals surface area (Å²) in [5.74, 6) is -0.388. The number of methoxy groups -OCH3 is 1. The molecule has 0 fully saturated rings. The van der Waals surface area contributed by atoms with Crippen LogP contribution in [-0.2, 0) is 16.0 Å². The van der Waals surface area contributed by atoms with Crippen molar-refractivity contribution in [1.29, 1.82) is 0 Å². The number of hydrogen-bond acceptors (Lipinski definition) is 4. The van der Waals surface area contributed by atoms with E-state index >= 15 is 0 Å². The average molecular weight is 293 g/mol. The Bertz CT molecular complexity index is 327. The molecule has 1 rings (SSSR count). The molecule has 1 N–H and O–H groups in total. The highest BCUT2D eigenvalue weighted by atomic mass is 127. The SMILES string of the molecule is COC(=O)Cc1ncc(I)cc1O. The molecule has 1 heterocycles. The first-order valence-corrected chi connectivity index (χ1v) is 4.61. The van der Waals surface area contributed by atoms with Crippen LogP contribution in [0.4, 0.5) is 0 Å². The Morgan fingerprint density at radius 2 is 2.46 bits per heavy atom. The molecule has 13 heavy (non-hydrogen) atoms. The number of pyridine rings is 1. The van der Waals surface area contributed by atoms with Gasteiger partial charge in [0.25, 0.3) is 0 Å². The number of esters is 1. The highest BCUT2D eigenvalue weighted by Gasteiger charge is 2.08. The fourth-order valence-corrected chi connectivity index (χ4v) is 1.24. The van der Waals surface area contributed by atoms with Gasteiger partial charge in [0.1, 0.15) is 5.75 Å². The molecule has 1 aromatic rings. The maximum Gasteiger partial charge on any atom is 0.311 e. The van der Waals surface area contributed by atoms with Crippen LogP contribution in [-0.4, -0.2) is 23.2 Å². The first-order valence-electron chi connectivity index (χ1n) is 3.53. The first kappa shape index (κ1) is 10.2. The van der Waals surface area contributed by atoms with Gasteiger partial charge in [0, 0.05) is 9.77 Å². The van der Waals surface area contributed by atoms with Crippen LogP contribution in [0.2, 0.25) is 0 Å². The maximum atomic E-state index is 10.8. The van der Waals surface area contributed by atoms with E-state index in [2.05, 4.69) is 9.72 Å². The number of aromatic nitrogens is 1. The van der Waals surface area contributed by atoms with Crippen LogP contribution in [0.5, 0.6) is 5.75 Å². The minimum absolute atomic E-state index is 0.000741. The van der Waals surface area contributed by atoms with Crippen LogP contribution in [0.15, 0.2) is 12.3 Å². The summed E-state index contributed by atoms with van der Waals surface area (Å²) in [7, 11) is 1.30. The van der Waals surface area contributed by atoms with Crippen LogP contribution in [0.3, 0.4) is 0 Å². The summed E-state index contributed by atoms with van der Waals surface area (Å²) in [6, 6.07) is 1.55. The summed E-state index contributed by atoms with van der Waals surface area (Å²) < 4.78 is 5.27. The minimum atomic E-state index is -0.413. The van der Waals surface area contributed by atoms with E-state index in [1.54, 1.807) is 12.3 Å². The van der Waals surface area contributed by atoms with E-state index in [4.69, 9.17) is 0 Å². The summed E-state index contributed by atoms with van der Waals surface area (Å²) in [6.07, 6.45) is 1.58. The van der Waals surface area contributed by atoms with E-state index in [-0.39, 0.29) is 12.2 Å². The second kappa shape index (κ2) is 4.40. The third-order valence-corrected chi connectivity index (χ3v) is 2.04. The summed E-state index contributed by atoms with van der Waals surface area (Å²) in [4.78, 5) is 14.8. The van der Waals surface area contributed by atoms with Crippen LogP contribution in [0.1, 0.15) is 5.69 Å². The number of hydrogen-bond donors (Lipinski definition) is 1. The van der Waals surface area contributed by atoms with Crippen molar-refractivity contribution in [3.05, 3.63) is 21.5 Å². The van der Waals surface area contributed by atoms with Crippen LogP contribution >= 0.6 is 22.6 Å². The summed E-state index contributed by atoms with van der Waals surface area (Å²) in [5, 5.41) is 9.36. The number of nitrogens with zero attached hydrogens (tertiary/aromatic N) is 1. The van der Waals surface area contributed by atoms with Crippen LogP contribution < -0.4 is 0 Å². The third kappa shape index (κ3) is 2.83. The lowest BCUT2D eigenvalue weighted by Gasteiger charge is -2.01. The van der Waals surface area contributed by atoms with Crippen LogP contribution in [0.25, 0.3) is 0 Å². The predicted octanol–water partition coefficient (Wildman–Crippen LogP) is 1.11. The van der Waals surface area contributed by atoms with E-state index in [0.717, 1.165) is 3.57 Å². The molecule has 70 valence electrons. The molecule has 0 aliphatic rings. The van der Waals surface area contributed by atoms with Gasteiger partial charge in [0.2, 0.25) is 0 Å². The molecule has 5 heteroatoms. The molecular weight excluding hydrogens is 285 g/mol. The molecular formula is C8H8INO3. The van der Waals surface area contributed by atoms with E-state index in [9.17, 15) is 9.90 Å². The minimum Gasteiger partial charge on any atom is -0.506 e. The largest absolute Gasteiger partial charge is 0.506 e. The number of ether oxygens (including phenoxy) is 1. The molecule has 0 amide bonds. The van der Waals surface area contributed by atoms with Gasteiger partial charge in [-0.25, -0.2) is 0 Å². The molecule has 4 nitrogen and oxygen atoms in total. The number of carbonyl (C=O) groups is 1. The Labute approximate surface area is 89.1 Å². The van der Waals surface area contributed by atoms with Crippen molar-refractivity contribution in [3.8, 4) is 5.75 Å². The van der Waals surface area contributed by atoms with E-state index in [0.29, 0.717) is 5.69 Å². The lowest BCUT2D eigenvalue weighted by molar-refractivity contribution is -0.139. The Hall–Kier alpha value is -0.850. The molecule has 0 aromatic carbocycles.